The molecule has 2 aliphatic rings. The molecule has 0 aliphatic carbocycles. The molecule has 3 aromatic heterocycles. The first-order valence-corrected chi connectivity index (χ1v) is 19.9. The van der Waals surface area contributed by atoms with E-state index in [1.165, 1.54) is 16.2 Å². The summed E-state index contributed by atoms with van der Waals surface area (Å²) in [4.78, 5) is 14.0. The van der Waals surface area contributed by atoms with Gasteiger partial charge in [-0.2, -0.15) is 31.2 Å². The minimum atomic E-state index is -4.27. The molecule has 0 spiro atoms. The maximum absolute atomic E-state index is 13.0. The van der Waals surface area contributed by atoms with E-state index in [2.05, 4.69) is 66.4 Å². The lowest BCUT2D eigenvalue weighted by atomic mass is 10.0. The number of unbranched alkanes of at least 4 members (excludes halogenated alkanes) is 1. The molecule has 0 saturated carbocycles. The highest BCUT2D eigenvalue weighted by Gasteiger charge is 2.31. The number of rotatable bonds is 13. The number of aromatic nitrogens is 3. The molecule has 0 bridgehead atoms. The molecule has 0 radical (unpaired) electrons. The Kier molecular flexibility index (Phi) is 11.5. The van der Waals surface area contributed by atoms with E-state index in [1.807, 2.05) is 13.0 Å². The first kappa shape index (κ1) is 37.4. The number of halogens is 3. The average molecular weight is 746 g/mol. The number of anilines is 1. The quantitative estimate of drug-likeness (QED) is 0.169. The molecule has 0 amide bonds. The molecule has 2 fully saturated rings. The highest BCUT2D eigenvalue weighted by Crippen LogP contribution is 2.34. The molecule has 16 heteroatoms. The largest absolute Gasteiger partial charge is 0.393 e. The lowest BCUT2D eigenvalue weighted by Gasteiger charge is -2.37. The van der Waals surface area contributed by atoms with Gasteiger partial charge in [-0.1, -0.05) is 19.4 Å². The van der Waals surface area contributed by atoms with Crippen LogP contribution in [0.25, 0.3) is 21.1 Å². The third kappa shape index (κ3) is 8.83. The molecule has 5 heterocycles. The molecular weight excluding hydrogens is 700 g/mol. The zero-order valence-electron chi connectivity index (χ0n) is 29.3. The molecule has 276 valence electrons. The first-order chi connectivity index (χ1) is 24.3. The Labute approximate surface area is 301 Å². The van der Waals surface area contributed by atoms with Gasteiger partial charge in [-0.25, -0.2) is 14.7 Å². The van der Waals surface area contributed by atoms with Crippen LogP contribution in [0.4, 0.5) is 19.0 Å². The van der Waals surface area contributed by atoms with Gasteiger partial charge in [0.1, 0.15) is 28.7 Å². The number of fused-ring (bicyclic) bond motifs is 2. The number of alkyl halides is 3. The zero-order chi connectivity index (χ0) is 36.3. The fraction of sp³-hybridized carbons (Fsp3) is 0.571. The van der Waals surface area contributed by atoms with Gasteiger partial charge in [0.2, 0.25) is 0 Å². The summed E-state index contributed by atoms with van der Waals surface area (Å²) in [5.41, 5.74) is 3.99. The topological polar surface area (TPSA) is 122 Å². The summed E-state index contributed by atoms with van der Waals surface area (Å²) in [6.07, 6.45) is -0.347. The fourth-order valence-corrected chi connectivity index (χ4v) is 9.45. The summed E-state index contributed by atoms with van der Waals surface area (Å²) in [6.45, 7) is 12.0. The second-order valence-corrected chi connectivity index (χ2v) is 16.6. The Balaban J connectivity index is 1.05. The summed E-state index contributed by atoms with van der Waals surface area (Å²) < 4.78 is 70.6. The zero-order valence-corrected chi connectivity index (χ0v) is 31.0. The van der Waals surface area contributed by atoms with Crippen molar-refractivity contribution in [3.05, 3.63) is 52.3 Å². The number of hydrogen-bond acceptors (Lipinski definition) is 9. The Bertz CT molecular complexity index is 1970. The van der Waals surface area contributed by atoms with Crippen LogP contribution in [0.1, 0.15) is 61.2 Å². The van der Waals surface area contributed by atoms with Crippen molar-refractivity contribution in [1.29, 1.82) is 5.26 Å². The van der Waals surface area contributed by atoms with E-state index in [0.29, 0.717) is 61.0 Å². The van der Waals surface area contributed by atoms with Gasteiger partial charge in [0.05, 0.1) is 11.8 Å². The number of hydrogen-bond donors (Lipinski definition) is 2. The summed E-state index contributed by atoms with van der Waals surface area (Å²) in [5, 5.41) is 15.3. The standard InChI is InChI=1S/C35H46F3N9O2S2/c1-4-5-10-42-51(48,49)46-15-13-45(14-16-46)24(2)21-47-28(20-39)17-30-25(3)26(6-7-32(30)47)22-44-11-8-27(9-12-44)43-33-31-18-29(19-35(36,37)38)50-34(31)41-23-40-33/h6-7,17-18,23-24,27,42H,4-5,8-16,19,21-22H2,1-3H3,(H,40,41,43)/t24-/m0/s1. The van der Waals surface area contributed by atoms with Crippen LogP contribution in [0, 0.1) is 18.3 Å². The summed E-state index contributed by atoms with van der Waals surface area (Å²) in [5.74, 6) is 0.585. The SMILES string of the molecule is CCCCNS(=O)(=O)N1CCN([C@@H](C)Cn2c(C#N)cc3c(C)c(CN4CCC(Nc5ncnc6sc(CC(F)(F)F)cc56)CC4)ccc32)CC1. The van der Waals surface area contributed by atoms with Gasteiger partial charge in [0, 0.05) is 86.8 Å². The molecule has 6 rings (SSSR count). The normalized spacial score (nSPS) is 18.1. The number of piperazine rings is 1. The molecule has 1 aromatic carbocycles. The maximum atomic E-state index is 13.0. The van der Waals surface area contributed by atoms with Crippen molar-refractivity contribution in [3.63, 3.8) is 0 Å². The molecular formula is C35H46F3N9O2S2. The van der Waals surface area contributed by atoms with Gasteiger partial charge >= 0.3 is 6.18 Å². The van der Waals surface area contributed by atoms with Crippen LogP contribution in [0.15, 0.2) is 30.6 Å². The van der Waals surface area contributed by atoms with E-state index in [4.69, 9.17) is 0 Å². The van der Waals surface area contributed by atoms with E-state index in [-0.39, 0.29) is 17.0 Å². The molecule has 1 atom stereocenters. The predicted octanol–water partition coefficient (Wildman–Crippen LogP) is 5.65. The van der Waals surface area contributed by atoms with Crippen LogP contribution in [0.2, 0.25) is 0 Å². The molecule has 2 saturated heterocycles. The van der Waals surface area contributed by atoms with Crippen molar-refractivity contribution < 1.29 is 21.6 Å². The van der Waals surface area contributed by atoms with Gasteiger partial charge in [-0.15, -0.1) is 11.3 Å². The number of piperidine rings is 1. The number of benzene rings is 1. The van der Waals surface area contributed by atoms with Crippen LogP contribution >= 0.6 is 11.3 Å². The number of likely N-dealkylation sites (tertiary alicyclic amines) is 1. The van der Waals surface area contributed by atoms with Crippen molar-refractivity contribution in [1.82, 2.24) is 33.4 Å². The van der Waals surface area contributed by atoms with Crippen molar-refractivity contribution >= 4 is 48.5 Å². The smallest absolute Gasteiger partial charge is 0.367 e. The van der Waals surface area contributed by atoms with Crippen molar-refractivity contribution in [2.24, 2.45) is 0 Å². The van der Waals surface area contributed by atoms with Gasteiger partial charge < -0.3 is 9.88 Å². The first-order valence-electron chi connectivity index (χ1n) is 17.6. The monoisotopic (exact) mass is 745 g/mol. The molecule has 11 nitrogen and oxygen atoms in total. The third-order valence-corrected chi connectivity index (χ3v) is 12.8. The lowest BCUT2D eigenvalue weighted by molar-refractivity contribution is -0.126. The number of aryl methyl sites for hydroxylation is 1. The van der Waals surface area contributed by atoms with E-state index < -0.39 is 22.8 Å². The molecule has 2 aliphatic heterocycles. The predicted molar refractivity (Wildman–Crippen MR) is 195 cm³/mol. The van der Waals surface area contributed by atoms with Crippen molar-refractivity contribution in [3.8, 4) is 6.07 Å². The number of nitrogens with zero attached hydrogens (tertiary/aromatic N) is 7. The minimum absolute atomic E-state index is 0.112. The van der Waals surface area contributed by atoms with E-state index in [0.717, 1.165) is 73.1 Å². The van der Waals surface area contributed by atoms with Crippen molar-refractivity contribution in [2.45, 2.75) is 84.2 Å². The fourth-order valence-electron chi connectivity index (χ4n) is 7.19. The number of nitrogens with one attached hydrogen (secondary N) is 2. The van der Waals surface area contributed by atoms with Crippen LogP contribution in [0.3, 0.4) is 0 Å². The van der Waals surface area contributed by atoms with E-state index in [1.54, 1.807) is 6.07 Å². The molecule has 4 aromatic rings. The summed E-state index contributed by atoms with van der Waals surface area (Å²) in [6, 6.07) is 10.5. The van der Waals surface area contributed by atoms with Crippen LogP contribution in [-0.4, -0.2) is 101 Å². The summed E-state index contributed by atoms with van der Waals surface area (Å²) >= 11 is 1.06. The Morgan fingerprint density at radius 1 is 1.08 bits per heavy atom. The van der Waals surface area contributed by atoms with Gasteiger partial charge in [-0.3, -0.25) is 9.80 Å². The summed E-state index contributed by atoms with van der Waals surface area (Å²) in [7, 11) is -3.47. The average Bonchev–Trinajstić information content (AvgIpc) is 3.67. The van der Waals surface area contributed by atoms with Gasteiger partial charge in [0.25, 0.3) is 10.2 Å². The second-order valence-electron chi connectivity index (χ2n) is 13.7. The lowest BCUT2D eigenvalue weighted by Crippen LogP contribution is -2.54. The van der Waals surface area contributed by atoms with Gasteiger partial charge in [0.15, 0.2) is 0 Å². The van der Waals surface area contributed by atoms with Gasteiger partial charge in [-0.05, 0) is 62.4 Å². The number of thiophene rings is 1. The van der Waals surface area contributed by atoms with Crippen LogP contribution in [-0.2, 0) is 29.7 Å². The third-order valence-electron chi connectivity index (χ3n) is 10.2. The second kappa shape index (κ2) is 15.7. The molecule has 2 N–H and O–H groups in total. The highest BCUT2D eigenvalue weighted by molar-refractivity contribution is 7.87. The maximum Gasteiger partial charge on any atom is 0.393 e. The highest BCUT2D eigenvalue weighted by atomic mass is 32.2. The van der Waals surface area contributed by atoms with E-state index >= 15 is 0 Å². The Morgan fingerprint density at radius 2 is 1.82 bits per heavy atom. The van der Waals surface area contributed by atoms with E-state index in [9.17, 15) is 26.9 Å². The molecule has 51 heavy (non-hydrogen) atoms. The minimum Gasteiger partial charge on any atom is -0.367 e. The van der Waals surface area contributed by atoms with Crippen LogP contribution in [0.5, 0.6) is 0 Å². The number of nitriles is 1. The van der Waals surface area contributed by atoms with Crippen molar-refractivity contribution in [2.75, 3.05) is 51.1 Å². The Hall–Kier alpha value is -3.33. The molecule has 0 unspecified atom stereocenters. The Morgan fingerprint density at radius 3 is 2.51 bits per heavy atom. The van der Waals surface area contributed by atoms with Crippen LogP contribution < -0.4 is 10.0 Å².